The van der Waals surface area contributed by atoms with Crippen molar-refractivity contribution in [1.29, 1.82) is 0 Å². The Morgan fingerprint density at radius 2 is 2.42 bits per heavy atom. The van der Waals surface area contributed by atoms with Crippen LogP contribution in [0, 0.1) is 6.92 Å². The van der Waals surface area contributed by atoms with Crippen molar-refractivity contribution in [2.75, 3.05) is 19.8 Å². The van der Waals surface area contributed by atoms with Gasteiger partial charge in [-0.05, 0) is 45.6 Å². The highest BCUT2D eigenvalue weighted by molar-refractivity contribution is 7.11. The van der Waals surface area contributed by atoms with E-state index in [4.69, 9.17) is 4.74 Å². The van der Waals surface area contributed by atoms with Crippen LogP contribution in [-0.2, 0) is 11.2 Å². The SMILES string of the molecule is Cc1nc2c(s1)[C@H](NCCC1=CCOCC1)CCC2. The van der Waals surface area contributed by atoms with Gasteiger partial charge in [0.15, 0.2) is 0 Å². The van der Waals surface area contributed by atoms with Gasteiger partial charge in [0.2, 0.25) is 0 Å². The Bertz CT molecular complexity index is 467. The van der Waals surface area contributed by atoms with Gasteiger partial charge in [-0.15, -0.1) is 11.3 Å². The first-order valence-corrected chi connectivity index (χ1v) is 8.10. The Kier molecular flexibility index (Phi) is 4.31. The third kappa shape index (κ3) is 3.25. The highest BCUT2D eigenvalue weighted by Gasteiger charge is 2.23. The zero-order valence-electron chi connectivity index (χ0n) is 11.6. The number of aryl methyl sites for hydroxylation is 2. The van der Waals surface area contributed by atoms with Gasteiger partial charge in [0, 0.05) is 10.9 Å². The van der Waals surface area contributed by atoms with E-state index in [9.17, 15) is 0 Å². The summed E-state index contributed by atoms with van der Waals surface area (Å²) in [5.41, 5.74) is 2.90. The predicted molar refractivity (Wildman–Crippen MR) is 78.7 cm³/mol. The van der Waals surface area contributed by atoms with E-state index in [1.54, 1.807) is 5.57 Å². The van der Waals surface area contributed by atoms with Gasteiger partial charge in [-0.25, -0.2) is 4.98 Å². The molecule has 19 heavy (non-hydrogen) atoms. The number of thiazole rings is 1. The van der Waals surface area contributed by atoms with Crippen molar-refractivity contribution in [1.82, 2.24) is 10.3 Å². The molecule has 0 radical (unpaired) electrons. The summed E-state index contributed by atoms with van der Waals surface area (Å²) in [6.07, 6.45) is 8.21. The van der Waals surface area contributed by atoms with Crippen LogP contribution in [0.2, 0.25) is 0 Å². The lowest BCUT2D eigenvalue weighted by Crippen LogP contribution is -2.25. The Hall–Kier alpha value is -0.710. The summed E-state index contributed by atoms with van der Waals surface area (Å²) in [5, 5.41) is 4.94. The standard InChI is InChI=1S/C15H22N2OS/c1-11-17-14-4-2-3-13(15(14)19-11)16-8-5-12-6-9-18-10-7-12/h6,13,16H,2-5,7-10H2,1H3/t13-/m1/s1. The third-order valence-corrected chi connectivity index (χ3v) is 5.08. The van der Waals surface area contributed by atoms with Crippen molar-refractivity contribution in [3.05, 3.63) is 27.2 Å². The molecule has 0 aromatic carbocycles. The molecule has 0 saturated carbocycles. The largest absolute Gasteiger partial charge is 0.377 e. The van der Waals surface area contributed by atoms with Gasteiger partial charge in [0.25, 0.3) is 0 Å². The van der Waals surface area contributed by atoms with Crippen molar-refractivity contribution in [2.45, 2.75) is 45.1 Å². The molecule has 3 rings (SSSR count). The molecule has 0 bridgehead atoms. The maximum absolute atomic E-state index is 5.34. The van der Waals surface area contributed by atoms with Gasteiger partial charge in [-0.3, -0.25) is 0 Å². The van der Waals surface area contributed by atoms with Gasteiger partial charge in [-0.2, -0.15) is 0 Å². The fourth-order valence-corrected chi connectivity index (χ4v) is 4.02. The van der Waals surface area contributed by atoms with Crippen LogP contribution in [0.15, 0.2) is 11.6 Å². The second kappa shape index (κ2) is 6.16. The lowest BCUT2D eigenvalue weighted by atomic mass is 9.97. The van der Waals surface area contributed by atoms with Crippen molar-refractivity contribution in [2.24, 2.45) is 0 Å². The lowest BCUT2D eigenvalue weighted by molar-refractivity contribution is 0.153. The second-order valence-electron chi connectivity index (χ2n) is 5.38. The van der Waals surface area contributed by atoms with Gasteiger partial charge >= 0.3 is 0 Å². The molecule has 2 aliphatic rings. The van der Waals surface area contributed by atoms with Crippen molar-refractivity contribution < 1.29 is 4.74 Å². The number of rotatable bonds is 4. The molecule has 4 heteroatoms. The molecule has 0 spiro atoms. The summed E-state index contributed by atoms with van der Waals surface area (Å²) < 4.78 is 5.34. The number of aromatic nitrogens is 1. The molecular weight excluding hydrogens is 256 g/mol. The minimum absolute atomic E-state index is 0.537. The monoisotopic (exact) mass is 278 g/mol. The highest BCUT2D eigenvalue weighted by Crippen LogP contribution is 2.33. The fourth-order valence-electron chi connectivity index (χ4n) is 2.94. The summed E-state index contributed by atoms with van der Waals surface area (Å²) >= 11 is 1.88. The van der Waals surface area contributed by atoms with E-state index in [0.717, 1.165) is 32.6 Å². The summed E-state index contributed by atoms with van der Waals surface area (Å²) in [6, 6.07) is 0.537. The van der Waals surface area contributed by atoms with Crippen LogP contribution in [0.25, 0.3) is 0 Å². The van der Waals surface area contributed by atoms with E-state index in [2.05, 4.69) is 23.3 Å². The number of ether oxygens (including phenoxy) is 1. The molecule has 0 saturated heterocycles. The Morgan fingerprint density at radius 3 is 3.26 bits per heavy atom. The molecule has 0 amide bonds. The van der Waals surface area contributed by atoms with Crippen LogP contribution in [-0.4, -0.2) is 24.7 Å². The zero-order valence-corrected chi connectivity index (χ0v) is 12.4. The van der Waals surface area contributed by atoms with Crippen molar-refractivity contribution >= 4 is 11.3 Å². The summed E-state index contributed by atoms with van der Waals surface area (Å²) in [5.74, 6) is 0. The molecule has 1 aliphatic heterocycles. The molecule has 104 valence electrons. The molecular formula is C15H22N2OS. The molecule has 2 heterocycles. The van der Waals surface area contributed by atoms with Crippen LogP contribution >= 0.6 is 11.3 Å². The normalized spacial score (nSPS) is 23.0. The number of fused-ring (bicyclic) bond motifs is 1. The first-order chi connectivity index (χ1) is 9.33. The van der Waals surface area contributed by atoms with Crippen LogP contribution in [0.1, 0.15) is 47.3 Å². The van der Waals surface area contributed by atoms with Crippen molar-refractivity contribution in [3.63, 3.8) is 0 Å². The molecule has 1 N–H and O–H groups in total. The molecule has 1 aliphatic carbocycles. The first-order valence-electron chi connectivity index (χ1n) is 7.28. The molecule has 1 aromatic rings. The molecule has 0 unspecified atom stereocenters. The van der Waals surface area contributed by atoms with Gasteiger partial charge in [0.05, 0.1) is 23.9 Å². The van der Waals surface area contributed by atoms with E-state index in [1.807, 2.05) is 11.3 Å². The number of hydrogen-bond donors (Lipinski definition) is 1. The van der Waals surface area contributed by atoms with Crippen LogP contribution in [0.3, 0.4) is 0 Å². The Labute approximate surface area is 119 Å². The van der Waals surface area contributed by atoms with E-state index >= 15 is 0 Å². The fraction of sp³-hybridized carbons (Fsp3) is 0.667. The quantitative estimate of drug-likeness (QED) is 0.859. The topological polar surface area (TPSA) is 34.2 Å². The first kappa shape index (κ1) is 13.3. The molecule has 1 aromatic heterocycles. The smallest absolute Gasteiger partial charge is 0.0900 e. The Balaban J connectivity index is 1.54. The maximum Gasteiger partial charge on any atom is 0.0900 e. The van der Waals surface area contributed by atoms with Gasteiger partial charge in [0.1, 0.15) is 0 Å². The molecule has 3 nitrogen and oxygen atoms in total. The lowest BCUT2D eigenvalue weighted by Gasteiger charge is -2.23. The highest BCUT2D eigenvalue weighted by atomic mass is 32.1. The number of hydrogen-bond acceptors (Lipinski definition) is 4. The van der Waals surface area contributed by atoms with Crippen LogP contribution < -0.4 is 5.32 Å². The van der Waals surface area contributed by atoms with E-state index < -0.39 is 0 Å². The minimum Gasteiger partial charge on any atom is -0.377 e. The number of nitrogens with zero attached hydrogens (tertiary/aromatic N) is 1. The summed E-state index contributed by atoms with van der Waals surface area (Å²) in [7, 11) is 0. The summed E-state index contributed by atoms with van der Waals surface area (Å²) in [4.78, 5) is 6.14. The summed E-state index contributed by atoms with van der Waals surface area (Å²) in [6.45, 7) is 4.89. The predicted octanol–water partition coefficient (Wildman–Crippen LogP) is 3.16. The molecule has 0 fully saturated rings. The zero-order chi connectivity index (χ0) is 13.1. The third-order valence-electron chi connectivity index (χ3n) is 3.95. The van der Waals surface area contributed by atoms with Crippen molar-refractivity contribution in [3.8, 4) is 0 Å². The van der Waals surface area contributed by atoms with Crippen LogP contribution in [0.4, 0.5) is 0 Å². The van der Waals surface area contributed by atoms with E-state index in [0.29, 0.717) is 6.04 Å². The van der Waals surface area contributed by atoms with E-state index in [-0.39, 0.29) is 0 Å². The maximum atomic E-state index is 5.34. The van der Waals surface area contributed by atoms with E-state index in [1.165, 1.54) is 34.8 Å². The average molecular weight is 278 g/mol. The van der Waals surface area contributed by atoms with Crippen LogP contribution in [0.5, 0.6) is 0 Å². The second-order valence-corrected chi connectivity index (χ2v) is 6.61. The molecule has 1 atom stereocenters. The average Bonchev–Trinajstić information content (AvgIpc) is 2.81. The van der Waals surface area contributed by atoms with Gasteiger partial charge < -0.3 is 10.1 Å². The minimum atomic E-state index is 0.537. The van der Waals surface area contributed by atoms with Gasteiger partial charge in [-0.1, -0.05) is 11.6 Å². The number of nitrogens with one attached hydrogen (secondary N) is 1. The Morgan fingerprint density at radius 1 is 1.47 bits per heavy atom.